The monoisotopic (exact) mass is 137 g/mol. The lowest BCUT2D eigenvalue weighted by molar-refractivity contribution is 0.702. The average Bonchev–Trinajstić information content (AvgIpc) is 2.17. The zero-order valence-electron chi connectivity index (χ0n) is 6.73. The lowest BCUT2D eigenvalue weighted by atomic mass is 9.97. The zero-order chi connectivity index (χ0) is 7.23. The second-order valence-electron chi connectivity index (χ2n) is 3.16. The summed E-state index contributed by atoms with van der Waals surface area (Å²) in [4.78, 5) is 0. The molecule has 0 aromatic heterocycles. The maximum Gasteiger partial charge on any atom is -0.0204 e. The Labute approximate surface area is 64.3 Å². The van der Waals surface area contributed by atoms with Crippen molar-refractivity contribution < 1.29 is 0 Å². The number of hydrogen-bond acceptors (Lipinski definition) is 0. The van der Waals surface area contributed by atoms with E-state index in [2.05, 4.69) is 6.58 Å². The smallest absolute Gasteiger partial charge is 0.0204 e. The second-order valence-corrected chi connectivity index (χ2v) is 3.16. The molecule has 0 N–H and O–H groups in total. The van der Waals surface area contributed by atoms with Crippen LogP contribution in [0.25, 0.3) is 0 Å². The van der Waals surface area contributed by atoms with Crippen molar-refractivity contribution >= 4 is 0 Å². The molecule has 0 spiro atoms. The van der Waals surface area contributed by atoms with Crippen LogP contribution in [0.2, 0.25) is 0 Å². The van der Waals surface area contributed by atoms with E-state index in [1.807, 2.05) is 6.08 Å². The van der Waals surface area contributed by atoms with Crippen molar-refractivity contribution in [3.63, 3.8) is 0 Å². The minimum Gasteiger partial charge on any atom is -0.103 e. The van der Waals surface area contributed by atoms with Crippen molar-refractivity contribution in [2.45, 2.75) is 44.9 Å². The molecule has 0 heterocycles. The molecule has 1 aliphatic carbocycles. The fourth-order valence-electron chi connectivity index (χ4n) is 1.64. The summed E-state index contributed by atoms with van der Waals surface area (Å²) in [6.07, 6.45) is 11.7. The molecule has 0 aromatic carbocycles. The minimum absolute atomic E-state index is 1.17. The molecule has 1 radical (unpaired) electrons. The Balaban J connectivity index is 2.21. The molecule has 0 nitrogen and oxygen atoms in total. The third-order valence-electron chi connectivity index (χ3n) is 2.24. The third-order valence-corrected chi connectivity index (χ3v) is 2.24. The third kappa shape index (κ3) is 2.55. The van der Waals surface area contributed by atoms with Gasteiger partial charge in [0.2, 0.25) is 0 Å². The quantitative estimate of drug-likeness (QED) is 0.403. The van der Waals surface area contributed by atoms with Crippen molar-refractivity contribution in [1.29, 1.82) is 0 Å². The average molecular weight is 137 g/mol. The van der Waals surface area contributed by atoms with Crippen LogP contribution in [0.4, 0.5) is 0 Å². The van der Waals surface area contributed by atoms with Gasteiger partial charge in [0.25, 0.3) is 0 Å². The Morgan fingerprint density at radius 3 is 2.20 bits per heavy atom. The van der Waals surface area contributed by atoms with Gasteiger partial charge >= 0.3 is 0 Å². The number of hydrogen-bond donors (Lipinski definition) is 0. The Morgan fingerprint density at radius 2 is 1.70 bits per heavy atom. The number of allylic oxidation sites excluding steroid dienone is 1. The molecule has 0 heteroatoms. The van der Waals surface area contributed by atoms with Gasteiger partial charge in [-0.05, 0) is 25.2 Å². The fraction of sp³-hybridized carbons (Fsp3) is 0.700. The molecular formula is C10H17. The molecule has 10 heavy (non-hydrogen) atoms. The van der Waals surface area contributed by atoms with Crippen molar-refractivity contribution in [1.82, 2.24) is 0 Å². The van der Waals surface area contributed by atoms with E-state index in [1.54, 1.807) is 5.92 Å². The Bertz CT molecular complexity index is 86.2. The number of rotatable bonds is 2. The predicted octanol–water partition coefficient (Wildman–Crippen LogP) is 3.49. The highest BCUT2D eigenvalue weighted by molar-refractivity contribution is 4.96. The molecule has 0 atom stereocenters. The predicted molar refractivity (Wildman–Crippen MR) is 45.8 cm³/mol. The minimum atomic E-state index is 1.17. The fourth-order valence-corrected chi connectivity index (χ4v) is 1.64. The summed E-state index contributed by atoms with van der Waals surface area (Å²) in [7, 11) is 0. The first-order valence-corrected chi connectivity index (χ1v) is 4.38. The molecule has 0 bridgehead atoms. The highest BCUT2D eigenvalue weighted by atomic mass is 14.1. The molecule has 1 rings (SSSR count). The molecule has 1 saturated carbocycles. The second kappa shape index (κ2) is 4.54. The van der Waals surface area contributed by atoms with Crippen LogP contribution in [0, 0.1) is 5.92 Å². The van der Waals surface area contributed by atoms with Crippen LogP contribution in [0.15, 0.2) is 12.7 Å². The first-order valence-electron chi connectivity index (χ1n) is 4.38. The summed E-state index contributed by atoms with van der Waals surface area (Å²) in [5.41, 5.74) is 0. The van der Waals surface area contributed by atoms with E-state index in [0.29, 0.717) is 0 Å². The Kier molecular flexibility index (Phi) is 3.56. The van der Waals surface area contributed by atoms with Crippen LogP contribution < -0.4 is 0 Å². The Hall–Kier alpha value is -0.260. The molecule has 0 saturated heterocycles. The van der Waals surface area contributed by atoms with Gasteiger partial charge in [0.1, 0.15) is 0 Å². The first kappa shape index (κ1) is 7.84. The molecule has 0 aliphatic heterocycles. The summed E-state index contributed by atoms with van der Waals surface area (Å²) >= 11 is 0. The van der Waals surface area contributed by atoms with Crippen LogP contribution in [-0.2, 0) is 0 Å². The van der Waals surface area contributed by atoms with Gasteiger partial charge in [0.15, 0.2) is 0 Å². The molecule has 1 fully saturated rings. The first-order chi connectivity index (χ1) is 4.93. The van der Waals surface area contributed by atoms with Gasteiger partial charge in [0.05, 0.1) is 0 Å². The SMILES string of the molecule is C=CC[C]1CCCCCC1. The molecule has 0 amide bonds. The van der Waals surface area contributed by atoms with Crippen LogP contribution in [0.1, 0.15) is 44.9 Å². The largest absolute Gasteiger partial charge is 0.103 e. The standard InChI is InChI=1S/C10H17/c1-2-7-10-8-5-3-4-6-9-10/h2H,1,3-9H2. The van der Waals surface area contributed by atoms with Crippen LogP contribution in [0.3, 0.4) is 0 Å². The van der Waals surface area contributed by atoms with E-state index in [1.165, 1.54) is 44.9 Å². The van der Waals surface area contributed by atoms with E-state index in [4.69, 9.17) is 0 Å². The van der Waals surface area contributed by atoms with Gasteiger partial charge in [0, 0.05) is 0 Å². The van der Waals surface area contributed by atoms with Crippen LogP contribution in [-0.4, -0.2) is 0 Å². The highest BCUT2D eigenvalue weighted by Gasteiger charge is 2.09. The normalized spacial score (nSPS) is 22.0. The highest BCUT2D eigenvalue weighted by Crippen LogP contribution is 2.26. The van der Waals surface area contributed by atoms with E-state index in [-0.39, 0.29) is 0 Å². The lowest BCUT2D eigenvalue weighted by Crippen LogP contribution is -1.92. The summed E-state index contributed by atoms with van der Waals surface area (Å²) in [5.74, 6) is 1.73. The van der Waals surface area contributed by atoms with Gasteiger partial charge in [-0.3, -0.25) is 0 Å². The van der Waals surface area contributed by atoms with E-state index in [9.17, 15) is 0 Å². The molecule has 0 aromatic rings. The maximum atomic E-state index is 3.76. The van der Waals surface area contributed by atoms with Gasteiger partial charge in [-0.1, -0.05) is 31.8 Å². The summed E-state index contributed by atoms with van der Waals surface area (Å²) < 4.78 is 0. The van der Waals surface area contributed by atoms with Crippen LogP contribution >= 0.6 is 0 Å². The summed E-state index contributed by atoms with van der Waals surface area (Å²) in [6, 6.07) is 0. The van der Waals surface area contributed by atoms with Gasteiger partial charge in [-0.15, -0.1) is 6.58 Å². The van der Waals surface area contributed by atoms with Gasteiger partial charge < -0.3 is 0 Å². The van der Waals surface area contributed by atoms with Crippen molar-refractivity contribution in [2.75, 3.05) is 0 Å². The molecular weight excluding hydrogens is 120 g/mol. The maximum absolute atomic E-state index is 3.76. The van der Waals surface area contributed by atoms with Crippen molar-refractivity contribution in [3.05, 3.63) is 18.6 Å². The van der Waals surface area contributed by atoms with E-state index >= 15 is 0 Å². The molecule has 1 aliphatic rings. The topological polar surface area (TPSA) is 0 Å². The van der Waals surface area contributed by atoms with Gasteiger partial charge in [-0.2, -0.15) is 0 Å². The van der Waals surface area contributed by atoms with E-state index in [0.717, 1.165) is 0 Å². The summed E-state index contributed by atoms with van der Waals surface area (Å²) in [6.45, 7) is 3.76. The van der Waals surface area contributed by atoms with E-state index < -0.39 is 0 Å². The summed E-state index contributed by atoms with van der Waals surface area (Å²) in [5, 5.41) is 0. The van der Waals surface area contributed by atoms with Crippen molar-refractivity contribution in [2.24, 2.45) is 0 Å². The lowest BCUT2D eigenvalue weighted by Gasteiger charge is -2.08. The molecule has 57 valence electrons. The zero-order valence-corrected chi connectivity index (χ0v) is 6.73. The van der Waals surface area contributed by atoms with Crippen LogP contribution in [0.5, 0.6) is 0 Å². The van der Waals surface area contributed by atoms with Crippen molar-refractivity contribution in [3.8, 4) is 0 Å². The van der Waals surface area contributed by atoms with Gasteiger partial charge in [-0.25, -0.2) is 0 Å². The molecule has 0 unspecified atom stereocenters. The Morgan fingerprint density at radius 1 is 1.10 bits per heavy atom.